The average Bonchev–Trinajstić information content (AvgIpc) is 2.95. The normalized spacial score (nSPS) is 12.3. The van der Waals surface area contributed by atoms with Gasteiger partial charge in [-0.3, -0.25) is 0 Å². The van der Waals surface area contributed by atoms with Crippen molar-refractivity contribution in [1.29, 1.82) is 0 Å². The fourth-order valence-corrected chi connectivity index (χ4v) is 2.25. The van der Waals surface area contributed by atoms with Crippen molar-refractivity contribution in [2.45, 2.75) is 39.2 Å². The molecule has 1 aromatic heterocycles. The molecule has 0 radical (unpaired) electrons. The molecule has 102 valence electrons. The zero-order chi connectivity index (χ0) is 13.5. The topological polar surface area (TPSA) is 39.9 Å². The maximum atomic E-state index is 5.73. The van der Waals surface area contributed by atoms with Crippen molar-refractivity contribution in [3.8, 4) is 5.75 Å². The highest BCUT2D eigenvalue weighted by Crippen LogP contribution is 2.30. The molecule has 1 aromatic carbocycles. The predicted molar refractivity (Wildman–Crippen MR) is 75.3 cm³/mol. The number of ether oxygens (including phenoxy) is 1. The monoisotopic (exact) mass is 259 g/mol. The number of unbranched alkanes of at least 4 members (excludes halogenated alkanes) is 1. The third-order valence-corrected chi connectivity index (χ3v) is 3.16. The fraction of sp³-hybridized carbons (Fsp3) is 0.467. The quantitative estimate of drug-likeness (QED) is 0.764. The van der Waals surface area contributed by atoms with Gasteiger partial charge in [0.05, 0.1) is 12.6 Å². The van der Waals surface area contributed by atoms with E-state index in [0.717, 1.165) is 18.6 Å². The molecule has 0 saturated heterocycles. The summed E-state index contributed by atoms with van der Waals surface area (Å²) >= 11 is 0. The summed E-state index contributed by atoms with van der Waals surface area (Å²) in [6.07, 6.45) is 6.74. The molecule has 0 spiro atoms. The third-order valence-electron chi connectivity index (χ3n) is 3.16. The Morgan fingerprint density at radius 1 is 1.26 bits per heavy atom. The van der Waals surface area contributed by atoms with Crippen LogP contribution in [-0.4, -0.2) is 21.4 Å². The minimum Gasteiger partial charge on any atom is -0.494 e. The van der Waals surface area contributed by atoms with Gasteiger partial charge in [0.1, 0.15) is 18.4 Å². The van der Waals surface area contributed by atoms with Crippen LogP contribution in [0.4, 0.5) is 0 Å². The summed E-state index contributed by atoms with van der Waals surface area (Å²) in [5.41, 5.74) is 1.18. The number of benzene rings is 1. The number of nitrogens with zero attached hydrogens (tertiary/aromatic N) is 3. The Bertz CT molecular complexity index is 482. The van der Waals surface area contributed by atoms with Crippen molar-refractivity contribution in [1.82, 2.24) is 14.8 Å². The number of aromatic nitrogens is 3. The third kappa shape index (κ3) is 3.34. The Morgan fingerprint density at radius 2 is 2.11 bits per heavy atom. The lowest BCUT2D eigenvalue weighted by atomic mass is 10.0. The standard InChI is InChI=1S/C15H21N3O/c1-3-5-9-14(18-12-16-11-17-18)13-8-6-7-10-15(13)19-4-2/h6-8,10-12,14H,3-5,9H2,1-2H3. The van der Waals surface area contributed by atoms with Gasteiger partial charge in [0.15, 0.2) is 0 Å². The molecule has 0 aliphatic rings. The SMILES string of the molecule is CCCCC(c1ccccc1OCC)n1cncn1. The predicted octanol–water partition coefficient (Wildman–Crippen LogP) is 3.46. The van der Waals surface area contributed by atoms with Gasteiger partial charge in [0, 0.05) is 5.56 Å². The zero-order valence-electron chi connectivity index (χ0n) is 11.6. The molecule has 4 nitrogen and oxygen atoms in total. The molecule has 2 rings (SSSR count). The second kappa shape index (κ2) is 6.92. The van der Waals surface area contributed by atoms with Crippen LogP contribution in [0.1, 0.15) is 44.7 Å². The van der Waals surface area contributed by atoms with Crippen LogP contribution in [0.3, 0.4) is 0 Å². The van der Waals surface area contributed by atoms with Gasteiger partial charge in [-0.05, 0) is 19.4 Å². The summed E-state index contributed by atoms with van der Waals surface area (Å²) in [5, 5.41) is 4.30. The number of para-hydroxylation sites is 1. The molecular formula is C15H21N3O. The summed E-state index contributed by atoms with van der Waals surface area (Å²) in [4.78, 5) is 4.06. The van der Waals surface area contributed by atoms with Gasteiger partial charge in [-0.2, -0.15) is 5.10 Å². The highest BCUT2D eigenvalue weighted by Gasteiger charge is 2.18. The zero-order valence-corrected chi connectivity index (χ0v) is 11.6. The van der Waals surface area contributed by atoms with Crippen LogP contribution in [0.5, 0.6) is 5.75 Å². The summed E-state index contributed by atoms with van der Waals surface area (Å²) < 4.78 is 7.66. The molecule has 0 aliphatic heterocycles. The van der Waals surface area contributed by atoms with Crippen molar-refractivity contribution >= 4 is 0 Å². The molecule has 4 heteroatoms. The summed E-state index contributed by atoms with van der Waals surface area (Å²) in [7, 11) is 0. The second-order valence-electron chi connectivity index (χ2n) is 4.50. The fourth-order valence-electron chi connectivity index (χ4n) is 2.25. The highest BCUT2D eigenvalue weighted by molar-refractivity contribution is 5.36. The molecule has 1 heterocycles. The Morgan fingerprint density at radius 3 is 2.79 bits per heavy atom. The molecular weight excluding hydrogens is 238 g/mol. The van der Waals surface area contributed by atoms with Crippen molar-refractivity contribution in [3.63, 3.8) is 0 Å². The van der Waals surface area contributed by atoms with E-state index < -0.39 is 0 Å². The van der Waals surface area contributed by atoms with Crippen molar-refractivity contribution in [2.75, 3.05) is 6.61 Å². The lowest BCUT2D eigenvalue weighted by Crippen LogP contribution is -2.13. The smallest absolute Gasteiger partial charge is 0.137 e. The Hall–Kier alpha value is -1.84. The van der Waals surface area contributed by atoms with Gasteiger partial charge in [0.2, 0.25) is 0 Å². The molecule has 19 heavy (non-hydrogen) atoms. The largest absolute Gasteiger partial charge is 0.494 e. The van der Waals surface area contributed by atoms with Crippen LogP contribution in [-0.2, 0) is 0 Å². The maximum Gasteiger partial charge on any atom is 0.137 e. The molecule has 0 N–H and O–H groups in total. The van der Waals surface area contributed by atoms with E-state index in [4.69, 9.17) is 4.74 Å². The van der Waals surface area contributed by atoms with Crippen LogP contribution >= 0.6 is 0 Å². The van der Waals surface area contributed by atoms with Crippen molar-refractivity contribution in [3.05, 3.63) is 42.5 Å². The second-order valence-corrected chi connectivity index (χ2v) is 4.50. The van der Waals surface area contributed by atoms with E-state index in [9.17, 15) is 0 Å². The van der Waals surface area contributed by atoms with E-state index in [0.29, 0.717) is 6.61 Å². The number of hydrogen-bond donors (Lipinski definition) is 0. The lowest BCUT2D eigenvalue weighted by Gasteiger charge is -2.20. The number of hydrogen-bond acceptors (Lipinski definition) is 3. The van der Waals surface area contributed by atoms with E-state index in [-0.39, 0.29) is 6.04 Å². The molecule has 1 atom stereocenters. The lowest BCUT2D eigenvalue weighted by molar-refractivity contribution is 0.328. The molecule has 2 aromatic rings. The van der Waals surface area contributed by atoms with Gasteiger partial charge in [-0.15, -0.1) is 0 Å². The van der Waals surface area contributed by atoms with E-state index in [1.54, 1.807) is 12.7 Å². The molecule has 0 saturated carbocycles. The van der Waals surface area contributed by atoms with E-state index in [1.807, 2.05) is 29.8 Å². The van der Waals surface area contributed by atoms with Gasteiger partial charge < -0.3 is 4.74 Å². The minimum atomic E-state index is 0.199. The molecule has 0 fully saturated rings. The average molecular weight is 259 g/mol. The van der Waals surface area contributed by atoms with Gasteiger partial charge in [0.25, 0.3) is 0 Å². The van der Waals surface area contributed by atoms with Gasteiger partial charge in [-0.1, -0.05) is 38.0 Å². The Labute approximate surface area is 114 Å². The van der Waals surface area contributed by atoms with Crippen LogP contribution in [0.25, 0.3) is 0 Å². The van der Waals surface area contributed by atoms with Crippen molar-refractivity contribution < 1.29 is 4.74 Å². The van der Waals surface area contributed by atoms with Gasteiger partial charge in [-0.25, -0.2) is 9.67 Å². The van der Waals surface area contributed by atoms with E-state index >= 15 is 0 Å². The molecule has 0 aliphatic carbocycles. The number of rotatable bonds is 7. The minimum absolute atomic E-state index is 0.199. The van der Waals surface area contributed by atoms with Crippen LogP contribution in [0.15, 0.2) is 36.9 Å². The van der Waals surface area contributed by atoms with Crippen LogP contribution in [0.2, 0.25) is 0 Å². The van der Waals surface area contributed by atoms with Crippen LogP contribution < -0.4 is 4.74 Å². The first-order valence-electron chi connectivity index (χ1n) is 6.92. The van der Waals surface area contributed by atoms with E-state index in [2.05, 4.69) is 23.1 Å². The van der Waals surface area contributed by atoms with Gasteiger partial charge >= 0.3 is 0 Å². The summed E-state index contributed by atoms with van der Waals surface area (Å²) in [5.74, 6) is 0.946. The molecule has 0 amide bonds. The maximum absolute atomic E-state index is 5.73. The first-order chi connectivity index (χ1) is 9.36. The Kier molecular flexibility index (Phi) is 4.95. The van der Waals surface area contributed by atoms with E-state index in [1.165, 1.54) is 12.0 Å². The Balaban J connectivity index is 2.32. The molecule has 1 unspecified atom stereocenters. The van der Waals surface area contributed by atoms with Crippen molar-refractivity contribution in [2.24, 2.45) is 0 Å². The molecule has 0 bridgehead atoms. The van der Waals surface area contributed by atoms with Crippen LogP contribution in [0, 0.1) is 0 Å². The summed E-state index contributed by atoms with van der Waals surface area (Å²) in [6.45, 7) is 4.88. The first kappa shape index (κ1) is 13.6. The highest BCUT2D eigenvalue weighted by atomic mass is 16.5. The summed E-state index contributed by atoms with van der Waals surface area (Å²) in [6, 6.07) is 8.40. The first-order valence-corrected chi connectivity index (χ1v) is 6.92.